The van der Waals surface area contributed by atoms with E-state index in [9.17, 15) is 5.11 Å². The first-order chi connectivity index (χ1) is 12.4. The summed E-state index contributed by atoms with van der Waals surface area (Å²) in [5, 5.41) is 12.3. The first-order valence-electron chi connectivity index (χ1n) is 8.31. The van der Waals surface area contributed by atoms with Crippen LogP contribution in [0.25, 0.3) is 10.8 Å². The number of nitrogens with zero attached hydrogens (tertiary/aromatic N) is 3. The molecular weight excluding hydrogens is 390 g/mol. The molecule has 3 aromatic rings. The molecule has 0 amide bonds. The van der Waals surface area contributed by atoms with Gasteiger partial charge in [0.25, 0.3) is 0 Å². The molecule has 4 nitrogen and oxygen atoms in total. The number of aromatic hydroxyl groups is 1. The third-order valence-electron chi connectivity index (χ3n) is 4.27. The largest absolute Gasteiger partial charge is 0.507 e. The molecule has 0 unspecified atom stereocenters. The lowest BCUT2D eigenvalue weighted by atomic mass is 10.0. The molecular formula is C21H22BrN3O. The molecule has 0 aliphatic carbocycles. The van der Waals surface area contributed by atoms with Gasteiger partial charge in [0.05, 0.1) is 5.69 Å². The van der Waals surface area contributed by atoms with E-state index in [-0.39, 0.29) is 5.75 Å². The van der Waals surface area contributed by atoms with Crippen molar-refractivity contribution in [3.63, 3.8) is 0 Å². The maximum absolute atomic E-state index is 10.0. The summed E-state index contributed by atoms with van der Waals surface area (Å²) in [6.45, 7) is 0. The number of halogens is 1. The predicted molar refractivity (Wildman–Crippen MR) is 116 cm³/mol. The van der Waals surface area contributed by atoms with Crippen LogP contribution in [0.3, 0.4) is 0 Å². The average Bonchev–Trinajstić information content (AvgIpc) is 2.61. The minimum atomic E-state index is 0.208. The van der Waals surface area contributed by atoms with Gasteiger partial charge < -0.3 is 14.9 Å². The molecule has 0 fully saturated rings. The third-order valence-corrected chi connectivity index (χ3v) is 4.76. The van der Waals surface area contributed by atoms with Gasteiger partial charge in [-0.1, -0.05) is 28.1 Å². The summed E-state index contributed by atoms with van der Waals surface area (Å²) in [5.41, 5.74) is 3.84. The third kappa shape index (κ3) is 3.53. The normalized spacial score (nSPS) is 11.3. The summed E-state index contributed by atoms with van der Waals surface area (Å²) < 4.78 is 0.902. The van der Waals surface area contributed by atoms with Crippen LogP contribution in [0.2, 0.25) is 0 Å². The van der Waals surface area contributed by atoms with Crippen molar-refractivity contribution in [2.75, 3.05) is 38.0 Å². The Morgan fingerprint density at radius 3 is 2.31 bits per heavy atom. The van der Waals surface area contributed by atoms with Crippen LogP contribution in [0, 0.1) is 0 Å². The first-order valence-corrected chi connectivity index (χ1v) is 9.10. The zero-order chi connectivity index (χ0) is 18.8. The Balaban J connectivity index is 2.19. The van der Waals surface area contributed by atoms with E-state index in [1.807, 2.05) is 46.4 Å². The van der Waals surface area contributed by atoms with Gasteiger partial charge in [-0.2, -0.15) is 0 Å². The Hall–Kier alpha value is -2.53. The number of hydrogen-bond acceptors (Lipinski definition) is 4. The lowest BCUT2D eigenvalue weighted by Crippen LogP contribution is -2.13. The Kier molecular flexibility index (Phi) is 5.18. The highest BCUT2D eigenvalue weighted by Crippen LogP contribution is 2.39. The van der Waals surface area contributed by atoms with E-state index in [1.165, 1.54) is 0 Å². The van der Waals surface area contributed by atoms with Crippen LogP contribution in [0.15, 0.2) is 58.0 Å². The predicted octanol–water partition coefficient (Wildman–Crippen LogP) is 5.19. The molecule has 5 heteroatoms. The first kappa shape index (κ1) is 18.3. The molecule has 0 saturated heterocycles. The second-order valence-electron chi connectivity index (χ2n) is 6.55. The SMILES string of the molecule is CN(C)c1cccc2c(N=Cc3cc(Br)ccc3O)ccc(N(C)C)c12. The summed E-state index contributed by atoms with van der Waals surface area (Å²) >= 11 is 3.43. The number of aliphatic imine (C=N–C) groups is 1. The average molecular weight is 412 g/mol. The van der Waals surface area contributed by atoms with Gasteiger partial charge >= 0.3 is 0 Å². The van der Waals surface area contributed by atoms with Crippen molar-refractivity contribution < 1.29 is 5.11 Å². The molecule has 26 heavy (non-hydrogen) atoms. The summed E-state index contributed by atoms with van der Waals surface area (Å²) in [6, 6.07) is 15.7. The van der Waals surface area contributed by atoms with Gasteiger partial charge in [0, 0.05) is 66.6 Å². The molecule has 0 aliphatic rings. The minimum absolute atomic E-state index is 0.208. The number of phenolic OH excluding ortho intramolecular Hbond substituents is 1. The van der Waals surface area contributed by atoms with Crippen molar-refractivity contribution >= 4 is 50.0 Å². The summed E-state index contributed by atoms with van der Waals surface area (Å²) in [4.78, 5) is 8.89. The van der Waals surface area contributed by atoms with Crippen LogP contribution in [-0.2, 0) is 0 Å². The van der Waals surface area contributed by atoms with Crippen molar-refractivity contribution in [3.05, 3.63) is 58.6 Å². The van der Waals surface area contributed by atoms with Crippen molar-refractivity contribution in [2.24, 2.45) is 4.99 Å². The van der Waals surface area contributed by atoms with Crippen LogP contribution in [-0.4, -0.2) is 39.5 Å². The summed E-state index contributed by atoms with van der Waals surface area (Å²) in [5.74, 6) is 0.208. The molecule has 1 N–H and O–H groups in total. The van der Waals surface area contributed by atoms with Crippen molar-refractivity contribution in [3.8, 4) is 5.75 Å². The van der Waals surface area contributed by atoms with Crippen LogP contribution in [0.5, 0.6) is 5.75 Å². The van der Waals surface area contributed by atoms with Crippen LogP contribution < -0.4 is 9.80 Å². The van der Waals surface area contributed by atoms with E-state index in [0.717, 1.165) is 32.3 Å². The summed E-state index contributed by atoms with van der Waals surface area (Å²) in [7, 11) is 8.18. The van der Waals surface area contributed by atoms with Crippen LogP contribution in [0.4, 0.5) is 17.1 Å². The van der Waals surface area contributed by atoms with Crippen molar-refractivity contribution in [2.45, 2.75) is 0 Å². The lowest BCUT2D eigenvalue weighted by Gasteiger charge is -2.22. The van der Waals surface area contributed by atoms with Gasteiger partial charge in [-0.15, -0.1) is 0 Å². The Labute approximate surface area is 162 Å². The standard InChI is InChI=1S/C21H22BrN3O/c1-24(2)18-7-5-6-16-17(9-10-19(21(16)18)25(3)4)23-13-14-12-15(22)8-11-20(14)26/h5-13,26H,1-4H3. The van der Waals surface area contributed by atoms with E-state index in [0.29, 0.717) is 5.56 Å². The Bertz CT molecular complexity index is 966. The summed E-state index contributed by atoms with van der Waals surface area (Å²) in [6.07, 6.45) is 1.70. The van der Waals surface area contributed by atoms with Gasteiger partial charge in [-0.05, 0) is 36.4 Å². The van der Waals surface area contributed by atoms with Crippen LogP contribution in [0.1, 0.15) is 5.56 Å². The van der Waals surface area contributed by atoms with Gasteiger partial charge in [0.15, 0.2) is 0 Å². The number of benzene rings is 3. The zero-order valence-corrected chi connectivity index (χ0v) is 16.9. The van der Waals surface area contributed by atoms with Crippen molar-refractivity contribution in [1.82, 2.24) is 0 Å². The molecule has 0 radical (unpaired) electrons. The molecule has 0 heterocycles. The highest BCUT2D eigenvalue weighted by molar-refractivity contribution is 9.10. The minimum Gasteiger partial charge on any atom is -0.507 e. The number of fused-ring (bicyclic) bond motifs is 1. The highest BCUT2D eigenvalue weighted by Gasteiger charge is 2.12. The van der Waals surface area contributed by atoms with Gasteiger partial charge in [-0.25, -0.2) is 0 Å². The van der Waals surface area contributed by atoms with Crippen LogP contribution >= 0.6 is 15.9 Å². The van der Waals surface area contributed by atoms with E-state index in [1.54, 1.807) is 18.3 Å². The van der Waals surface area contributed by atoms with Gasteiger partial charge in [-0.3, -0.25) is 4.99 Å². The van der Waals surface area contributed by atoms with Gasteiger partial charge in [0.1, 0.15) is 5.75 Å². The number of anilines is 2. The fourth-order valence-electron chi connectivity index (χ4n) is 2.98. The molecule has 0 saturated carbocycles. The molecule has 3 rings (SSSR count). The maximum atomic E-state index is 10.0. The molecule has 0 bridgehead atoms. The highest BCUT2D eigenvalue weighted by atomic mass is 79.9. The topological polar surface area (TPSA) is 39.1 Å². The molecule has 0 spiro atoms. The molecule has 0 aliphatic heterocycles. The fourth-order valence-corrected chi connectivity index (χ4v) is 3.36. The monoisotopic (exact) mass is 411 g/mol. The molecule has 3 aromatic carbocycles. The Morgan fingerprint density at radius 2 is 1.62 bits per heavy atom. The van der Waals surface area contributed by atoms with E-state index < -0.39 is 0 Å². The zero-order valence-electron chi connectivity index (χ0n) is 15.4. The molecule has 0 atom stereocenters. The maximum Gasteiger partial charge on any atom is 0.124 e. The fraction of sp³-hybridized carbons (Fsp3) is 0.190. The molecule has 0 aromatic heterocycles. The molecule has 134 valence electrons. The van der Waals surface area contributed by atoms with Crippen molar-refractivity contribution in [1.29, 1.82) is 0 Å². The van der Waals surface area contributed by atoms with E-state index in [2.05, 4.69) is 48.9 Å². The smallest absolute Gasteiger partial charge is 0.124 e. The number of hydrogen-bond donors (Lipinski definition) is 1. The number of rotatable bonds is 4. The number of phenols is 1. The Morgan fingerprint density at radius 1 is 0.923 bits per heavy atom. The van der Waals surface area contributed by atoms with Gasteiger partial charge in [0.2, 0.25) is 0 Å². The second-order valence-corrected chi connectivity index (χ2v) is 7.47. The lowest BCUT2D eigenvalue weighted by molar-refractivity contribution is 0.474. The van der Waals surface area contributed by atoms with E-state index in [4.69, 9.17) is 0 Å². The van der Waals surface area contributed by atoms with E-state index >= 15 is 0 Å². The second kappa shape index (κ2) is 7.38. The quantitative estimate of drug-likeness (QED) is 0.600.